The predicted molar refractivity (Wildman–Crippen MR) is 57.0 cm³/mol. The van der Waals surface area contributed by atoms with E-state index in [2.05, 4.69) is 0 Å². The van der Waals surface area contributed by atoms with Crippen molar-refractivity contribution < 1.29 is 13.2 Å². The molecule has 0 aromatic carbocycles. The summed E-state index contributed by atoms with van der Waals surface area (Å²) in [5.74, 6) is 0.319. The van der Waals surface area contributed by atoms with E-state index >= 15 is 0 Å². The summed E-state index contributed by atoms with van der Waals surface area (Å²) in [5.41, 5.74) is -0.291. The molecule has 0 bridgehead atoms. The monoisotopic (exact) mass is 240 g/mol. The zero-order valence-corrected chi connectivity index (χ0v) is 10.2. The number of hydrogen-bond acceptors (Lipinski definition) is 3. The minimum atomic E-state index is -3.41. The minimum absolute atomic E-state index is 0.0234. The first-order valence-corrected chi connectivity index (χ1v) is 7.29. The van der Waals surface area contributed by atoms with Crippen LogP contribution in [0.1, 0.15) is 26.7 Å². The van der Waals surface area contributed by atoms with Gasteiger partial charge in [0.2, 0.25) is 9.05 Å². The standard InChI is InChI=1S/C9H17ClO3S/c1-9(2,7-14(10,11)12)8-4-3-5-13-6-8/h8H,3-7H2,1-2H3. The van der Waals surface area contributed by atoms with Gasteiger partial charge in [-0.25, -0.2) is 8.42 Å². The molecule has 5 heteroatoms. The van der Waals surface area contributed by atoms with Crippen LogP contribution in [0.3, 0.4) is 0 Å². The second kappa shape index (κ2) is 4.37. The minimum Gasteiger partial charge on any atom is -0.381 e. The lowest BCUT2D eigenvalue weighted by Gasteiger charge is -2.35. The molecule has 3 nitrogen and oxygen atoms in total. The molecule has 1 fully saturated rings. The highest BCUT2D eigenvalue weighted by Crippen LogP contribution is 2.34. The van der Waals surface area contributed by atoms with E-state index in [9.17, 15) is 8.42 Å². The fourth-order valence-electron chi connectivity index (χ4n) is 1.92. The topological polar surface area (TPSA) is 43.4 Å². The Labute approximate surface area is 90.2 Å². The molecular formula is C9H17ClO3S. The van der Waals surface area contributed by atoms with Crippen molar-refractivity contribution in [1.29, 1.82) is 0 Å². The Bertz CT molecular complexity index is 278. The summed E-state index contributed by atoms with van der Waals surface area (Å²) < 4.78 is 27.4. The molecule has 14 heavy (non-hydrogen) atoms. The SMILES string of the molecule is CC(C)(CS(=O)(=O)Cl)C1CCCOC1. The molecule has 1 aliphatic rings. The molecular weight excluding hydrogens is 224 g/mol. The first-order valence-electron chi connectivity index (χ1n) is 4.81. The summed E-state index contributed by atoms with van der Waals surface area (Å²) in [6, 6.07) is 0. The summed E-state index contributed by atoms with van der Waals surface area (Å²) >= 11 is 0. The van der Waals surface area contributed by atoms with Gasteiger partial charge in [0.15, 0.2) is 0 Å². The van der Waals surface area contributed by atoms with Gasteiger partial charge >= 0.3 is 0 Å². The third-order valence-electron chi connectivity index (χ3n) is 2.81. The van der Waals surface area contributed by atoms with E-state index in [-0.39, 0.29) is 11.2 Å². The van der Waals surface area contributed by atoms with Crippen LogP contribution in [-0.4, -0.2) is 27.4 Å². The Morgan fingerprint density at radius 3 is 2.57 bits per heavy atom. The molecule has 0 aliphatic carbocycles. The molecule has 0 aromatic heterocycles. The normalized spacial score (nSPS) is 24.9. The molecule has 1 atom stereocenters. The van der Waals surface area contributed by atoms with Gasteiger partial charge in [0.1, 0.15) is 0 Å². The van der Waals surface area contributed by atoms with Crippen molar-refractivity contribution in [3.8, 4) is 0 Å². The van der Waals surface area contributed by atoms with E-state index in [1.165, 1.54) is 0 Å². The van der Waals surface area contributed by atoms with Crippen LogP contribution >= 0.6 is 10.7 Å². The third kappa shape index (κ3) is 3.75. The van der Waals surface area contributed by atoms with Crippen LogP contribution in [0.5, 0.6) is 0 Å². The summed E-state index contributed by atoms with van der Waals surface area (Å²) in [6.45, 7) is 5.32. The van der Waals surface area contributed by atoms with Crippen LogP contribution in [-0.2, 0) is 13.8 Å². The third-order valence-corrected chi connectivity index (χ3v) is 4.23. The predicted octanol–water partition coefficient (Wildman–Crippen LogP) is 2.01. The number of rotatable bonds is 3. The maximum atomic E-state index is 11.0. The van der Waals surface area contributed by atoms with Crippen molar-refractivity contribution in [3.05, 3.63) is 0 Å². The first kappa shape index (κ1) is 12.3. The zero-order valence-electron chi connectivity index (χ0n) is 8.62. The number of ether oxygens (including phenoxy) is 1. The van der Waals surface area contributed by atoms with E-state index in [1.54, 1.807) is 0 Å². The molecule has 0 saturated carbocycles. The van der Waals surface area contributed by atoms with Crippen molar-refractivity contribution in [1.82, 2.24) is 0 Å². The Kier molecular flexibility index (Phi) is 3.83. The van der Waals surface area contributed by atoms with Gasteiger partial charge < -0.3 is 4.74 Å². The highest BCUT2D eigenvalue weighted by atomic mass is 35.7. The second-order valence-corrected chi connectivity index (χ2v) is 7.36. The van der Waals surface area contributed by atoms with Crippen LogP contribution in [0.25, 0.3) is 0 Å². The molecule has 0 N–H and O–H groups in total. The fraction of sp³-hybridized carbons (Fsp3) is 1.00. The molecule has 84 valence electrons. The van der Waals surface area contributed by atoms with Gasteiger partial charge in [-0.3, -0.25) is 0 Å². The Morgan fingerprint density at radius 2 is 2.14 bits per heavy atom. The summed E-state index contributed by atoms with van der Waals surface area (Å²) in [4.78, 5) is 0. The average Bonchev–Trinajstić information content (AvgIpc) is 2.01. The van der Waals surface area contributed by atoms with Crippen LogP contribution in [0.15, 0.2) is 0 Å². The average molecular weight is 241 g/mol. The summed E-state index contributed by atoms with van der Waals surface area (Å²) in [7, 11) is 1.85. The Hall–Kier alpha value is 0.200. The van der Waals surface area contributed by atoms with Crippen molar-refractivity contribution in [2.45, 2.75) is 26.7 Å². The molecule has 1 rings (SSSR count). The van der Waals surface area contributed by atoms with Crippen molar-refractivity contribution in [2.24, 2.45) is 11.3 Å². The maximum absolute atomic E-state index is 11.0. The van der Waals surface area contributed by atoms with Crippen molar-refractivity contribution >= 4 is 19.7 Å². The van der Waals surface area contributed by atoms with Crippen LogP contribution in [0.2, 0.25) is 0 Å². The Morgan fingerprint density at radius 1 is 1.50 bits per heavy atom. The van der Waals surface area contributed by atoms with Crippen LogP contribution in [0.4, 0.5) is 0 Å². The van der Waals surface area contributed by atoms with Gasteiger partial charge in [-0.2, -0.15) is 0 Å². The number of halogens is 1. The molecule has 1 saturated heterocycles. The quantitative estimate of drug-likeness (QED) is 0.709. The molecule has 1 unspecified atom stereocenters. The second-order valence-electron chi connectivity index (χ2n) is 4.59. The molecule has 0 aromatic rings. The molecule has 1 aliphatic heterocycles. The molecule has 0 amide bonds. The zero-order chi connectivity index (χ0) is 10.8. The Balaban J connectivity index is 2.63. The molecule has 0 radical (unpaired) electrons. The smallest absolute Gasteiger partial charge is 0.233 e. The van der Waals surface area contributed by atoms with E-state index in [4.69, 9.17) is 15.4 Å². The van der Waals surface area contributed by atoms with Crippen molar-refractivity contribution in [2.75, 3.05) is 19.0 Å². The number of hydrogen-bond donors (Lipinski definition) is 0. The molecule has 0 spiro atoms. The van der Waals surface area contributed by atoms with Gasteiger partial charge in [-0.05, 0) is 24.2 Å². The molecule has 1 heterocycles. The summed E-state index contributed by atoms with van der Waals surface area (Å²) in [6.07, 6.45) is 2.04. The van der Waals surface area contributed by atoms with Gasteiger partial charge in [-0.1, -0.05) is 13.8 Å². The van der Waals surface area contributed by atoms with E-state index in [0.717, 1.165) is 19.4 Å². The van der Waals surface area contributed by atoms with E-state index < -0.39 is 9.05 Å². The lowest BCUT2D eigenvalue weighted by molar-refractivity contribution is 0.0114. The summed E-state index contributed by atoms with van der Waals surface area (Å²) in [5, 5.41) is 0. The van der Waals surface area contributed by atoms with Gasteiger partial charge in [-0.15, -0.1) is 0 Å². The van der Waals surface area contributed by atoms with Crippen LogP contribution < -0.4 is 0 Å². The van der Waals surface area contributed by atoms with Crippen LogP contribution in [0, 0.1) is 11.3 Å². The lowest BCUT2D eigenvalue weighted by Crippen LogP contribution is -2.36. The van der Waals surface area contributed by atoms with Gasteiger partial charge in [0.05, 0.1) is 5.75 Å². The fourth-order valence-corrected chi connectivity index (χ4v) is 3.89. The maximum Gasteiger partial charge on any atom is 0.233 e. The van der Waals surface area contributed by atoms with E-state index in [1.807, 2.05) is 13.8 Å². The lowest BCUT2D eigenvalue weighted by atomic mass is 9.77. The van der Waals surface area contributed by atoms with Gasteiger partial charge in [0, 0.05) is 23.9 Å². The largest absolute Gasteiger partial charge is 0.381 e. The van der Waals surface area contributed by atoms with E-state index in [0.29, 0.717) is 12.5 Å². The highest BCUT2D eigenvalue weighted by molar-refractivity contribution is 8.13. The highest BCUT2D eigenvalue weighted by Gasteiger charge is 2.34. The first-order chi connectivity index (χ1) is 6.31. The van der Waals surface area contributed by atoms with Crippen molar-refractivity contribution in [3.63, 3.8) is 0 Å². The van der Waals surface area contributed by atoms with Gasteiger partial charge in [0.25, 0.3) is 0 Å².